The zero-order valence-corrected chi connectivity index (χ0v) is 8.78. The second-order valence-electron chi connectivity index (χ2n) is 3.99. The Hall–Kier alpha value is -0.990. The predicted octanol–water partition coefficient (Wildman–Crippen LogP) is 2.47. The normalized spacial score (nSPS) is 17.5. The molecule has 3 heteroatoms. The molecule has 0 aromatic carbocycles. The summed E-state index contributed by atoms with van der Waals surface area (Å²) in [6.07, 6.45) is 9.20. The Morgan fingerprint density at radius 1 is 1.50 bits per heavy atom. The van der Waals surface area contributed by atoms with Gasteiger partial charge in [-0.1, -0.05) is 12.8 Å². The van der Waals surface area contributed by atoms with E-state index in [1.807, 2.05) is 10.9 Å². The van der Waals surface area contributed by atoms with Gasteiger partial charge in [0.2, 0.25) is 0 Å². The Labute approximate surface area is 85.1 Å². The van der Waals surface area contributed by atoms with Gasteiger partial charge < -0.3 is 4.74 Å². The molecular weight excluding hydrogens is 176 g/mol. The standard InChI is InChI=1S/C11H18N2O/c1-2-13-8-11(7-12-13)14-9-10-5-3-4-6-10/h7-8,10H,2-6,9H2,1H3. The van der Waals surface area contributed by atoms with Crippen LogP contribution in [0.2, 0.25) is 0 Å². The van der Waals surface area contributed by atoms with Crippen LogP contribution in [0.25, 0.3) is 0 Å². The van der Waals surface area contributed by atoms with Gasteiger partial charge in [-0.05, 0) is 25.7 Å². The molecule has 2 rings (SSSR count). The van der Waals surface area contributed by atoms with E-state index in [2.05, 4.69) is 12.0 Å². The van der Waals surface area contributed by atoms with Gasteiger partial charge in [-0.15, -0.1) is 0 Å². The van der Waals surface area contributed by atoms with E-state index in [0.717, 1.165) is 24.8 Å². The number of hydrogen-bond acceptors (Lipinski definition) is 2. The van der Waals surface area contributed by atoms with E-state index < -0.39 is 0 Å². The third-order valence-electron chi connectivity index (χ3n) is 2.89. The molecule has 1 aliphatic rings. The van der Waals surface area contributed by atoms with Crippen molar-refractivity contribution in [1.29, 1.82) is 0 Å². The van der Waals surface area contributed by atoms with Crippen LogP contribution in [0.4, 0.5) is 0 Å². The van der Waals surface area contributed by atoms with Gasteiger partial charge in [0.05, 0.1) is 19.0 Å². The second-order valence-corrected chi connectivity index (χ2v) is 3.99. The van der Waals surface area contributed by atoms with E-state index in [1.54, 1.807) is 6.20 Å². The van der Waals surface area contributed by atoms with Crippen molar-refractivity contribution in [2.75, 3.05) is 6.61 Å². The molecule has 1 aromatic rings. The fraction of sp³-hybridized carbons (Fsp3) is 0.727. The largest absolute Gasteiger partial charge is 0.490 e. The minimum atomic E-state index is 0.778. The van der Waals surface area contributed by atoms with Crippen LogP contribution in [0.1, 0.15) is 32.6 Å². The van der Waals surface area contributed by atoms with Gasteiger partial charge in [-0.25, -0.2) is 0 Å². The van der Waals surface area contributed by atoms with E-state index in [-0.39, 0.29) is 0 Å². The van der Waals surface area contributed by atoms with Crippen LogP contribution in [0.5, 0.6) is 5.75 Å². The molecule has 0 bridgehead atoms. The Bertz CT molecular complexity index is 277. The molecule has 3 nitrogen and oxygen atoms in total. The lowest BCUT2D eigenvalue weighted by Gasteiger charge is -2.08. The Kier molecular flexibility index (Phi) is 3.07. The number of aromatic nitrogens is 2. The summed E-state index contributed by atoms with van der Waals surface area (Å²) in [7, 11) is 0. The first-order chi connectivity index (χ1) is 6.88. The molecule has 14 heavy (non-hydrogen) atoms. The van der Waals surface area contributed by atoms with Gasteiger partial charge in [-0.3, -0.25) is 4.68 Å². The van der Waals surface area contributed by atoms with Crippen LogP contribution in [0.15, 0.2) is 12.4 Å². The minimum Gasteiger partial charge on any atom is -0.490 e. The quantitative estimate of drug-likeness (QED) is 0.736. The molecule has 78 valence electrons. The van der Waals surface area contributed by atoms with Crippen molar-refractivity contribution in [3.63, 3.8) is 0 Å². The van der Waals surface area contributed by atoms with Crippen LogP contribution in [-0.2, 0) is 6.54 Å². The molecule has 1 aliphatic carbocycles. The lowest BCUT2D eigenvalue weighted by atomic mass is 10.1. The van der Waals surface area contributed by atoms with Crippen LogP contribution < -0.4 is 4.74 Å². The molecule has 1 saturated carbocycles. The average molecular weight is 194 g/mol. The van der Waals surface area contributed by atoms with Crippen molar-refractivity contribution in [3.8, 4) is 5.75 Å². The van der Waals surface area contributed by atoms with E-state index >= 15 is 0 Å². The van der Waals surface area contributed by atoms with Crippen molar-refractivity contribution in [2.24, 2.45) is 5.92 Å². The molecule has 0 atom stereocenters. The zero-order valence-electron chi connectivity index (χ0n) is 8.78. The summed E-state index contributed by atoms with van der Waals surface area (Å²) in [6.45, 7) is 3.86. The first-order valence-electron chi connectivity index (χ1n) is 5.53. The zero-order chi connectivity index (χ0) is 9.80. The highest BCUT2D eigenvalue weighted by molar-refractivity contribution is 5.11. The third kappa shape index (κ3) is 2.28. The first kappa shape index (κ1) is 9.56. The molecule has 0 radical (unpaired) electrons. The van der Waals surface area contributed by atoms with Crippen LogP contribution in [-0.4, -0.2) is 16.4 Å². The van der Waals surface area contributed by atoms with Crippen molar-refractivity contribution in [2.45, 2.75) is 39.2 Å². The number of hydrogen-bond donors (Lipinski definition) is 0. The average Bonchev–Trinajstić information content (AvgIpc) is 2.86. The highest BCUT2D eigenvalue weighted by Crippen LogP contribution is 2.25. The molecule has 0 unspecified atom stereocenters. The summed E-state index contributed by atoms with van der Waals surface area (Å²) in [6, 6.07) is 0. The summed E-state index contributed by atoms with van der Waals surface area (Å²) in [5.41, 5.74) is 0. The molecule has 1 aromatic heterocycles. The fourth-order valence-electron chi connectivity index (χ4n) is 1.98. The predicted molar refractivity (Wildman–Crippen MR) is 55.4 cm³/mol. The highest BCUT2D eigenvalue weighted by Gasteiger charge is 2.15. The minimum absolute atomic E-state index is 0.778. The van der Waals surface area contributed by atoms with Gasteiger partial charge in [0.25, 0.3) is 0 Å². The lowest BCUT2D eigenvalue weighted by Crippen LogP contribution is -2.07. The van der Waals surface area contributed by atoms with Gasteiger partial charge >= 0.3 is 0 Å². The number of aryl methyl sites for hydroxylation is 1. The van der Waals surface area contributed by atoms with E-state index in [0.29, 0.717) is 0 Å². The smallest absolute Gasteiger partial charge is 0.157 e. The summed E-state index contributed by atoms with van der Waals surface area (Å²) in [4.78, 5) is 0. The molecule has 0 amide bonds. The maximum Gasteiger partial charge on any atom is 0.157 e. The van der Waals surface area contributed by atoms with Crippen molar-refractivity contribution in [1.82, 2.24) is 9.78 Å². The monoisotopic (exact) mass is 194 g/mol. The van der Waals surface area contributed by atoms with Crippen LogP contribution >= 0.6 is 0 Å². The molecule has 0 saturated heterocycles. The molecule has 0 aliphatic heterocycles. The van der Waals surface area contributed by atoms with Crippen LogP contribution in [0, 0.1) is 5.92 Å². The number of nitrogens with zero attached hydrogens (tertiary/aromatic N) is 2. The van der Waals surface area contributed by atoms with E-state index in [4.69, 9.17) is 4.74 Å². The fourth-order valence-corrected chi connectivity index (χ4v) is 1.98. The summed E-state index contributed by atoms with van der Waals surface area (Å²) < 4.78 is 7.58. The summed E-state index contributed by atoms with van der Waals surface area (Å²) in [5.74, 6) is 1.69. The molecule has 0 N–H and O–H groups in total. The number of rotatable bonds is 4. The third-order valence-corrected chi connectivity index (χ3v) is 2.89. The first-order valence-corrected chi connectivity index (χ1v) is 5.53. The van der Waals surface area contributed by atoms with Crippen LogP contribution in [0.3, 0.4) is 0 Å². The van der Waals surface area contributed by atoms with Gasteiger partial charge in [0.15, 0.2) is 5.75 Å². The van der Waals surface area contributed by atoms with E-state index in [9.17, 15) is 0 Å². The van der Waals surface area contributed by atoms with Gasteiger partial charge in [0, 0.05) is 6.54 Å². The Morgan fingerprint density at radius 3 is 2.93 bits per heavy atom. The molecule has 1 heterocycles. The number of ether oxygens (including phenoxy) is 1. The Morgan fingerprint density at radius 2 is 2.29 bits per heavy atom. The maximum atomic E-state index is 5.69. The molecule has 1 fully saturated rings. The van der Waals surface area contributed by atoms with Gasteiger partial charge in [-0.2, -0.15) is 5.10 Å². The molecular formula is C11H18N2O. The second kappa shape index (κ2) is 4.49. The Balaban J connectivity index is 1.79. The van der Waals surface area contributed by atoms with E-state index in [1.165, 1.54) is 25.7 Å². The van der Waals surface area contributed by atoms with Crippen molar-refractivity contribution < 1.29 is 4.74 Å². The SMILES string of the molecule is CCn1cc(OCC2CCCC2)cn1. The van der Waals surface area contributed by atoms with Crippen molar-refractivity contribution >= 4 is 0 Å². The highest BCUT2D eigenvalue weighted by atomic mass is 16.5. The topological polar surface area (TPSA) is 27.1 Å². The molecule has 0 spiro atoms. The maximum absolute atomic E-state index is 5.69. The van der Waals surface area contributed by atoms with Gasteiger partial charge in [0.1, 0.15) is 0 Å². The summed E-state index contributed by atoms with van der Waals surface area (Å²) >= 11 is 0. The summed E-state index contributed by atoms with van der Waals surface area (Å²) in [5, 5.41) is 4.17. The van der Waals surface area contributed by atoms with Crippen molar-refractivity contribution in [3.05, 3.63) is 12.4 Å². The lowest BCUT2D eigenvalue weighted by molar-refractivity contribution is 0.252.